The van der Waals surface area contributed by atoms with E-state index >= 15 is 0 Å². The zero-order valence-electron chi connectivity index (χ0n) is 11.9. The van der Waals surface area contributed by atoms with E-state index < -0.39 is 0 Å². The summed E-state index contributed by atoms with van der Waals surface area (Å²) in [5, 5.41) is 3.59. The van der Waals surface area contributed by atoms with Gasteiger partial charge in [0.25, 0.3) is 0 Å². The number of nitrogens with zero attached hydrogens (tertiary/aromatic N) is 2. The number of hydrogen-bond acceptors (Lipinski definition) is 4. The molecular formula is C15H16BrN3OS. The van der Waals surface area contributed by atoms with E-state index in [1.807, 2.05) is 44.2 Å². The first kappa shape index (κ1) is 16.0. The van der Waals surface area contributed by atoms with Crippen LogP contribution in [0.3, 0.4) is 0 Å². The van der Waals surface area contributed by atoms with Gasteiger partial charge in [0.1, 0.15) is 0 Å². The average Bonchev–Trinajstić information content (AvgIpc) is 2.40. The minimum absolute atomic E-state index is 0.00537. The van der Waals surface area contributed by atoms with Crippen molar-refractivity contribution in [2.45, 2.75) is 25.4 Å². The summed E-state index contributed by atoms with van der Waals surface area (Å²) in [5.41, 5.74) is 2.70. The highest BCUT2D eigenvalue weighted by molar-refractivity contribution is 9.10. The molecule has 110 valence electrons. The van der Waals surface area contributed by atoms with Gasteiger partial charge in [-0.3, -0.25) is 4.79 Å². The molecule has 6 heteroatoms. The third kappa shape index (κ3) is 5.47. The summed E-state index contributed by atoms with van der Waals surface area (Å²) in [5.74, 6) is 0.653. The predicted molar refractivity (Wildman–Crippen MR) is 89.6 cm³/mol. The van der Waals surface area contributed by atoms with Crippen LogP contribution >= 0.6 is 27.7 Å². The zero-order chi connectivity index (χ0) is 15.2. The number of thioether (sulfide) groups is 1. The van der Waals surface area contributed by atoms with Crippen LogP contribution in [-0.2, 0) is 4.79 Å². The Kier molecular flexibility index (Phi) is 5.76. The maximum absolute atomic E-state index is 11.8. The number of aromatic nitrogens is 2. The van der Waals surface area contributed by atoms with Gasteiger partial charge in [0.2, 0.25) is 5.91 Å². The van der Waals surface area contributed by atoms with Crippen molar-refractivity contribution in [3.8, 4) is 0 Å². The molecule has 0 bridgehead atoms. The quantitative estimate of drug-likeness (QED) is 0.643. The van der Waals surface area contributed by atoms with Crippen LogP contribution < -0.4 is 5.32 Å². The van der Waals surface area contributed by atoms with Gasteiger partial charge in [-0.05, 0) is 44.2 Å². The normalized spacial score (nSPS) is 10.4. The minimum atomic E-state index is -0.00537. The van der Waals surface area contributed by atoms with Crippen molar-refractivity contribution in [2.75, 3.05) is 11.1 Å². The summed E-state index contributed by atoms with van der Waals surface area (Å²) in [7, 11) is 0. The van der Waals surface area contributed by atoms with Gasteiger partial charge in [0.05, 0.1) is 0 Å². The van der Waals surface area contributed by atoms with Crippen molar-refractivity contribution < 1.29 is 4.79 Å². The smallest absolute Gasteiger partial charge is 0.225 e. The lowest BCUT2D eigenvalue weighted by Gasteiger charge is -2.05. The number of rotatable bonds is 5. The molecule has 21 heavy (non-hydrogen) atoms. The van der Waals surface area contributed by atoms with Crippen molar-refractivity contribution in [3.05, 3.63) is 46.2 Å². The first-order valence-corrected chi connectivity index (χ1v) is 8.31. The van der Waals surface area contributed by atoms with Crippen LogP contribution in [0.4, 0.5) is 5.69 Å². The molecule has 0 aliphatic heterocycles. The fourth-order valence-electron chi connectivity index (χ4n) is 1.75. The van der Waals surface area contributed by atoms with Crippen LogP contribution in [0.25, 0.3) is 0 Å². The Balaban J connectivity index is 1.80. The van der Waals surface area contributed by atoms with Gasteiger partial charge in [-0.2, -0.15) is 0 Å². The summed E-state index contributed by atoms with van der Waals surface area (Å²) < 4.78 is 0.989. The zero-order valence-corrected chi connectivity index (χ0v) is 14.3. The lowest BCUT2D eigenvalue weighted by Crippen LogP contribution is -2.12. The highest BCUT2D eigenvalue weighted by Crippen LogP contribution is 2.17. The number of benzene rings is 1. The number of halogens is 1. The summed E-state index contributed by atoms with van der Waals surface area (Å²) in [6.07, 6.45) is 0.428. The molecule has 0 saturated carbocycles. The van der Waals surface area contributed by atoms with Gasteiger partial charge in [0, 0.05) is 33.7 Å². The molecule has 4 nitrogen and oxygen atoms in total. The SMILES string of the molecule is Cc1cc(C)nc(SCCC(=O)Nc2ccc(Br)cc2)n1. The van der Waals surface area contributed by atoms with Crippen LogP contribution in [0.15, 0.2) is 40.0 Å². The molecule has 0 radical (unpaired) electrons. The number of aryl methyl sites for hydroxylation is 2. The van der Waals surface area contributed by atoms with E-state index in [4.69, 9.17) is 0 Å². The summed E-state index contributed by atoms with van der Waals surface area (Å²) in [4.78, 5) is 20.5. The van der Waals surface area contributed by atoms with Crippen molar-refractivity contribution in [2.24, 2.45) is 0 Å². The van der Waals surface area contributed by atoms with E-state index in [1.54, 1.807) is 0 Å². The molecule has 0 aliphatic rings. The predicted octanol–water partition coefficient (Wildman–Crippen LogP) is 3.98. The van der Waals surface area contributed by atoms with Crippen molar-refractivity contribution in [3.63, 3.8) is 0 Å². The van der Waals surface area contributed by atoms with Crippen LogP contribution in [0.5, 0.6) is 0 Å². The molecule has 1 aromatic heterocycles. The molecule has 1 aromatic carbocycles. The van der Waals surface area contributed by atoms with Gasteiger partial charge in [-0.15, -0.1) is 0 Å². The summed E-state index contributed by atoms with van der Waals surface area (Å²) >= 11 is 4.86. The van der Waals surface area contributed by atoms with E-state index in [-0.39, 0.29) is 5.91 Å². The summed E-state index contributed by atoms with van der Waals surface area (Å²) in [6, 6.07) is 9.45. The molecule has 0 fully saturated rings. The average molecular weight is 366 g/mol. The lowest BCUT2D eigenvalue weighted by molar-refractivity contribution is -0.115. The van der Waals surface area contributed by atoms with Gasteiger partial charge >= 0.3 is 0 Å². The Morgan fingerprint density at radius 1 is 1.19 bits per heavy atom. The second-order valence-electron chi connectivity index (χ2n) is 4.59. The Morgan fingerprint density at radius 2 is 1.81 bits per heavy atom. The van der Waals surface area contributed by atoms with Crippen molar-refractivity contribution >= 4 is 39.3 Å². The molecule has 0 saturated heterocycles. The number of hydrogen-bond donors (Lipinski definition) is 1. The van der Waals surface area contributed by atoms with E-state index in [9.17, 15) is 4.79 Å². The number of carbonyl (C=O) groups excluding carboxylic acids is 1. The first-order chi connectivity index (χ1) is 10.0. The molecule has 1 N–H and O–H groups in total. The first-order valence-electron chi connectivity index (χ1n) is 6.53. The fourth-order valence-corrected chi connectivity index (χ4v) is 2.90. The monoisotopic (exact) mass is 365 g/mol. The molecule has 1 heterocycles. The number of amides is 1. The van der Waals surface area contributed by atoms with E-state index in [0.717, 1.165) is 26.7 Å². The Labute approximate surface area is 136 Å². The fraction of sp³-hybridized carbons (Fsp3) is 0.267. The largest absolute Gasteiger partial charge is 0.326 e. The Bertz CT molecular complexity index is 611. The second-order valence-corrected chi connectivity index (χ2v) is 6.56. The molecule has 0 atom stereocenters. The Hall–Kier alpha value is -1.40. The van der Waals surface area contributed by atoms with Crippen molar-refractivity contribution in [1.82, 2.24) is 9.97 Å². The topological polar surface area (TPSA) is 54.9 Å². The second kappa shape index (κ2) is 7.56. The van der Waals surface area contributed by atoms with Crippen LogP contribution in [0.2, 0.25) is 0 Å². The molecule has 0 spiro atoms. The maximum Gasteiger partial charge on any atom is 0.225 e. The third-order valence-corrected chi connectivity index (χ3v) is 4.03. The van der Waals surface area contributed by atoms with E-state index in [1.165, 1.54) is 11.8 Å². The number of nitrogens with one attached hydrogen (secondary N) is 1. The Morgan fingerprint density at radius 3 is 2.43 bits per heavy atom. The standard InChI is InChI=1S/C15H16BrN3OS/c1-10-9-11(2)18-15(17-10)21-8-7-14(20)19-13-5-3-12(16)4-6-13/h3-6,9H,7-8H2,1-2H3,(H,19,20). The van der Waals surface area contributed by atoms with Gasteiger partial charge < -0.3 is 5.32 Å². The molecule has 2 rings (SSSR count). The van der Waals surface area contributed by atoms with Crippen LogP contribution in [0.1, 0.15) is 17.8 Å². The van der Waals surface area contributed by atoms with Gasteiger partial charge in [0.15, 0.2) is 5.16 Å². The molecule has 0 aliphatic carbocycles. The third-order valence-electron chi connectivity index (χ3n) is 2.65. The minimum Gasteiger partial charge on any atom is -0.326 e. The van der Waals surface area contributed by atoms with Crippen molar-refractivity contribution in [1.29, 1.82) is 0 Å². The molecule has 1 amide bonds. The molecule has 0 unspecified atom stereocenters. The highest BCUT2D eigenvalue weighted by Gasteiger charge is 2.05. The van der Waals surface area contributed by atoms with Crippen LogP contribution in [0, 0.1) is 13.8 Å². The van der Waals surface area contributed by atoms with Gasteiger partial charge in [-0.1, -0.05) is 27.7 Å². The molecular weight excluding hydrogens is 350 g/mol. The summed E-state index contributed by atoms with van der Waals surface area (Å²) in [6.45, 7) is 3.89. The molecule has 2 aromatic rings. The van der Waals surface area contributed by atoms with E-state index in [0.29, 0.717) is 12.2 Å². The maximum atomic E-state index is 11.8. The lowest BCUT2D eigenvalue weighted by atomic mass is 10.3. The van der Waals surface area contributed by atoms with E-state index in [2.05, 4.69) is 31.2 Å². The number of carbonyl (C=O) groups is 1. The van der Waals surface area contributed by atoms with Crippen LogP contribution in [-0.4, -0.2) is 21.6 Å². The highest BCUT2D eigenvalue weighted by atomic mass is 79.9. The number of anilines is 1. The van der Waals surface area contributed by atoms with Gasteiger partial charge in [-0.25, -0.2) is 9.97 Å².